The Balaban J connectivity index is 0. The molecule has 0 rings (SSSR count). The van der Waals surface area contributed by atoms with E-state index in [0.717, 1.165) is 0 Å². The van der Waals surface area contributed by atoms with E-state index in [2.05, 4.69) is 6.92 Å². The molecule has 0 aliphatic rings. The van der Waals surface area contributed by atoms with Crippen molar-refractivity contribution in [2.45, 2.75) is 13.8 Å². The zero-order chi connectivity index (χ0) is 6.99. The molecule has 0 spiro atoms. The van der Waals surface area contributed by atoms with Crippen molar-refractivity contribution in [3.05, 3.63) is 18.6 Å². The highest BCUT2D eigenvalue weighted by Gasteiger charge is 1.64. The molecule has 3 heteroatoms. The molecule has 0 saturated heterocycles. The SMILES string of the molecule is [CH2]C=C(C)C.[Cl][Mg][Cl]. The van der Waals surface area contributed by atoms with Crippen molar-refractivity contribution in [1.82, 2.24) is 0 Å². The van der Waals surface area contributed by atoms with Gasteiger partial charge in [-0.1, -0.05) is 11.6 Å². The summed E-state index contributed by atoms with van der Waals surface area (Å²) in [5.41, 5.74) is 1.27. The maximum atomic E-state index is 4.90. The maximum absolute atomic E-state index is 4.90. The van der Waals surface area contributed by atoms with E-state index in [0.29, 0.717) is 0 Å². The maximum Gasteiger partial charge on any atom is 0.618 e. The van der Waals surface area contributed by atoms with Crippen LogP contribution in [0.15, 0.2) is 11.6 Å². The van der Waals surface area contributed by atoms with Crippen molar-refractivity contribution >= 4 is 36.3 Å². The zero-order valence-electron chi connectivity index (χ0n) is 5.25. The van der Waals surface area contributed by atoms with Crippen LogP contribution in [0.4, 0.5) is 0 Å². The quantitative estimate of drug-likeness (QED) is 0.483. The van der Waals surface area contributed by atoms with Crippen LogP contribution in [-0.2, 0) is 0 Å². The van der Waals surface area contributed by atoms with Crippen LogP contribution >= 0.6 is 18.1 Å². The standard InChI is InChI=1S/C5H9.2ClH.Mg/c1-4-5(2)3;;;/h4H,1H2,2-3H3;2*1H;/q;;;+2/p-2. The summed E-state index contributed by atoms with van der Waals surface area (Å²) < 4.78 is 0. The minimum atomic E-state index is -0.639. The van der Waals surface area contributed by atoms with Crippen LogP contribution in [-0.4, -0.2) is 18.2 Å². The molecule has 0 N–H and O–H groups in total. The van der Waals surface area contributed by atoms with Crippen LogP contribution in [0.5, 0.6) is 0 Å². The Morgan fingerprint density at radius 1 is 1.50 bits per heavy atom. The van der Waals surface area contributed by atoms with Gasteiger partial charge in [-0.15, -0.1) is 0 Å². The van der Waals surface area contributed by atoms with Gasteiger partial charge in [-0.3, -0.25) is 0 Å². The normalized spacial score (nSPS) is 5.62. The average molecular weight is 164 g/mol. The molecule has 0 atom stereocenters. The highest BCUT2D eigenvalue weighted by atomic mass is 35.6. The van der Waals surface area contributed by atoms with Gasteiger partial charge >= 0.3 is 18.2 Å². The second kappa shape index (κ2) is 11.0. The molecule has 0 amide bonds. The molecule has 0 bridgehead atoms. The Hall–Kier alpha value is 1.09. The molecule has 0 aliphatic heterocycles. The largest absolute Gasteiger partial charge is 0.618 e. The predicted octanol–water partition coefficient (Wildman–Crippen LogP) is 2.78. The lowest BCUT2D eigenvalue weighted by atomic mass is 10.3. The fraction of sp³-hybridized carbons (Fsp3) is 0.400. The van der Waals surface area contributed by atoms with E-state index in [1.165, 1.54) is 5.57 Å². The number of hydrogen-bond donors (Lipinski definition) is 0. The first-order chi connectivity index (χ1) is 3.68. The Morgan fingerprint density at radius 3 is 1.62 bits per heavy atom. The van der Waals surface area contributed by atoms with E-state index in [4.69, 9.17) is 18.1 Å². The first-order valence-corrected chi connectivity index (χ1v) is 6.51. The van der Waals surface area contributed by atoms with E-state index in [1.807, 2.05) is 19.9 Å². The lowest BCUT2D eigenvalue weighted by Gasteiger charge is -1.73. The van der Waals surface area contributed by atoms with Gasteiger partial charge in [-0.05, 0) is 20.8 Å². The molecule has 0 unspecified atom stereocenters. The van der Waals surface area contributed by atoms with E-state index in [1.54, 1.807) is 0 Å². The highest BCUT2D eigenvalue weighted by Crippen LogP contribution is 1.82. The second-order valence-corrected chi connectivity index (χ2v) is 4.01. The Morgan fingerprint density at radius 2 is 1.62 bits per heavy atom. The van der Waals surface area contributed by atoms with Crippen molar-refractivity contribution in [2.24, 2.45) is 0 Å². The minimum absolute atomic E-state index is 0.639. The van der Waals surface area contributed by atoms with Gasteiger partial charge < -0.3 is 18.1 Å². The molecule has 0 aromatic rings. The Bertz CT molecular complexity index is 57.4. The second-order valence-electron chi connectivity index (χ2n) is 1.38. The predicted molar refractivity (Wildman–Crippen MR) is 42.2 cm³/mol. The van der Waals surface area contributed by atoms with Gasteiger partial charge in [0.2, 0.25) is 0 Å². The smallest absolute Gasteiger partial charge is 0.309 e. The third-order valence-corrected chi connectivity index (χ3v) is 0.408. The van der Waals surface area contributed by atoms with Gasteiger partial charge in [0, 0.05) is 0 Å². The molecular formula is C5H9Cl2Mg. The monoisotopic (exact) mass is 163 g/mol. The zero-order valence-corrected chi connectivity index (χ0v) is 8.17. The van der Waals surface area contributed by atoms with Crippen molar-refractivity contribution < 1.29 is 0 Å². The van der Waals surface area contributed by atoms with Crippen LogP contribution in [0.1, 0.15) is 13.8 Å². The molecule has 1 radical (unpaired) electrons. The van der Waals surface area contributed by atoms with Crippen LogP contribution in [0, 0.1) is 6.92 Å². The van der Waals surface area contributed by atoms with Gasteiger partial charge in [-0.2, -0.15) is 0 Å². The molecule has 0 fully saturated rings. The molecular weight excluding hydrogens is 155 g/mol. The molecule has 0 saturated carbocycles. The van der Waals surface area contributed by atoms with Gasteiger partial charge in [-0.25, -0.2) is 0 Å². The van der Waals surface area contributed by atoms with Crippen molar-refractivity contribution in [2.75, 3.05) is 0 Å². The van der Waals surface area contributed by atoms with E-state index in [9.17, 15) is 0 Å². The Labute approximate surface area is 68.5 Å². The third kappa shape index (κ3) is 27.6. The first-order valence-electron chi connectivity index (χ1n) is 2.23. The van der Waals surface area contributed by atoms with Crippen molar-refractivity contribution in [3.8, 4) is 0 Å². The van der Waals surface area contributed by atoms with E-state index >= 15 is 0 Å². The molecule has 0 heterocycles. The summed E-state index contributed by atoms with van der Waals surface area (Å²) in [7, 11) is 9.81. The molecule has 0 aliphatic carbocycles. The highest BCUT2D eigenvalue weighted by molar-refractivity contribution is 7.22. The summed E-state index contributed by atoms with van der Waals surface area (Å²) in [5.74, 6) is 0. The molecule has 0 aromatic heterocycles. The first kappa shape index (κ1) is 11.8. The van der Waals surface area contributed by atoms with Crippen LogP contribution in [0.2, 0.25) is 0 Å². The fourth-order valence-corrected chi connectivity index (χ4v) is 0. The summed E-state index contributed by atoms with van der Waals surface area (Å²) in [4.78, 5) is 0. The summed E-state index contributed by atoms with van der Waals surface area (Å²) in [6, 6.07) is 0. The van der Waals surface area contributed by atoms with Crippen molar-refractivity contribution in [1.29, 1.82) is 0 Å². The van der Waals surface area contributed by atoms with Gasteiger partial charge in [0.25, 0.3) is 0 Å². The number of allylic oxidation sites excluding steroid dienone is 2. The van der Waals surface area contributed by atoms with E-state index in [-0.39, 0.29) is 0 Å². The minimum Gasteiger partial charge on any atom is -0.309 e. The molecule has 0 nitrogen and oxygen atoms in total. The number of hydrogen-bond acceptors (Lipinski definition) is 0. The van der Waals surface area contributed by atoms with Crippen LogP contribution in [0.3, 0.4) is 0 Å². The summed E-state index contributed by atoms with van der Waals surface area (Å²) in [6.07, 6.45) is 1.83. The van der Waals surface area contributed by atoms with Gasteiger partial charge in [0.05, 0.1) is 0 Å². The molecule has 45 valence electrons. The number of rotatable bonds is 0. The summed E-state index contributed by atoms with van der Waals surface area (Å²) >= 11 is -0.639. The fourth-order valence-electron chi connectivity index (χ4n) is 0. The Kier molecular flexibility index (Phi) is 16.2. The van der Waals surface area contributed by atoms with Gasteiger partial charge in [0.1, 0.15) is 0 Å². The van der Waals surface area contributed by atoms with E-state index < -0.39 is 18.2 Å². The summed E-state index contributed by atoms with van der Waals surface area (Å²) in [5, 5.41) is 0. The van der Waals surface area contributed by atoms with Crippen molar-refractivity contribution in [3.63, 3.8) is 0 Å². The number of halogens is 2. The van der Waals surface area contributed by atoms with Crippen LogP contribution in [0.25, 0.3) is 0 Å². The molecule has 8 heavy (non-hydrogen) atoms. The lowest BCUT2D eigenvalue weighted by Crippen LogP contribution is -1.52. The topological polar surface area (TPSA) is 0 Å². The lowest BCUT2D eigenvalue weighted by molar-refractivity contribution is 1.39. The van der Waals surface area contributed by atoms with Crippen LogP contribution < -0.4 is 0 Å². The van der Waals surface area contributed by atoms with Gasteiger partial charge in [0.15, 0.2) is 0 Å². The third-order valence-electron chi connectivity index (χ3n) is 0.408. The molecule has 0 aromatic carbocycles. The summed E-state index contributed by atoms with van der Waals surface area (Å²) in [6.45, 7) is 7.56. The average Bonchev–Trinajstić information content (AvgIpc) is 1.69.